The Hall–Kier alpha value is -0.970. The first kappa shape index (κ1) is 10.1. The van der Waals surface area contributed by atoms with Gasteiger partial charge in [-0.25, -0.2) is 4.39 Å². The highest BCUT2D eigenvalue weighted by molar-refractivity contribution is 7.86. The molecule has 0 spiro atoms. The van der Waals surface area contributed by atoms with Crippen molar-refractivity contribution in [1.82, 2.24) is 0 Å². The number of alkyl halides is 1. The minimum Gasteiger partial charge on any atom is -0.241 e. The molecular formula is C8H8F2O2S. The van der Waals surface area contributed by atoms with Crippen molar-refractivity contribution in [3.05, 3.63) is 35.9 Å². The first-order valence-electron chi connectivity index (χ1n) is 3.60. The third-order valence-corrected chi connectivity index (χ3v) is 2.20. The highest BCUT2D eigenvalue weighted by Crippen LogP contribution is 2.19. The fourth-order valence-corrected chi connectivity index (χ4v) is 1.47. The second kappa shape index (κ2) is 3.83. The van der Waals surface area contributed by atoms with Crippen LogP contribution in [-0.2, 0) is 10.2 Å². The molecule has 0 radical (unpaired) electrons. The summed E-state index contributed by atoms with van der Waals surface area (Å²) >= 11 is 0. The van der Waals surface area contributed by atoms with Crippen LogP contribution in [0.4, 0.5) is 8.28 Å². The zero-order valence-corrected chi connectivity index (χ0v) is 7.47. The zero-order chi connectivity index (χ0) is 9.90. The van der Waals surface area contributed by atoms with Crippen LogP contribution in [0.15, 0.2) is 30.3 Å². The van der Waals surface area contributed by atoms with E-state index in [1.54, 1.807) is 18.2 Å². The average molecular weight is 206 g/mol. The summed E-state index contributed by atoms with van der Waals surface area (Å²) in [4.78, 5) is 0. The number of rotatable bonds is 3. The van der Waals surface area contributed by atoms with E-state index in [4.69, 9.17) is 0 Å². The smallest absolute Gasteiger partial charge is 0.241 e. The van der Waals surface area contributed by atoms with Gasteiger partial charge in [-0.3, -0.25) is 0 Å². The first-order valence-corrected chi connectivity index (χ1v) is 5.15. The van der Waals surface area contributed by atoms with Gasteiger partial charge in [0.15, 0.2) is 0 Å². The van der Waals surface area contributed by atoms with Crippen LogP contribution in [0.1, 0.15) is 11.7 Å². The van der Waals surface area contributed by atoms with Crippen molar-refractivity contribution in [1.29, 1.82) is 0 Å². The molecule has 5 heteroatoms. The molecule has 1 atom stereocenters. The molecule has 0 saturated carbocycles. The minimum absolute atomic E-state index is 0.170. The lowest BCUT2D eigenvalue weighted by atomic mass is 10.1. The second-order valence-corrected chi connectivity index (χ2v) is 3.99. The van der Waals surface area contributed by atoms with E-state index in [2.05, 4.69) is 0 Å². The van der Waals surface area contributed by atoms with Crippen molar-refractivity contribution in [2.24, 2.45) is 0 Å². The predicted octanol–water partition coefficient (Wildman–Crippen LogP) is 2.00. The van der Waals surface area contributed by atoms with Gasteiger partial charge in [0.05, 0.1) is 0 Å². The Morgan fingerprint density at radius 1 is 1.23 bits per heavy atom. The molecule has 1 unspecified atom stereocenters. The summed E-state index contributed by atoms with van der Waals surface area (Å²) in [6, 6.07) is 7.62. The van der Waals surface area contributed by atoms with Gasteiger partial charge in [-0.2, -0.15) is 8.42 Å². The topological polar surface area (TPSA) is 34.1 Å². The second-order valence-electron chi connectivity index (χ2n) is 2.58. The van der Waals surface area contributed by atoms with Crippen molar-refractivity contribution in [2.75, 3.05) is 5.75 Å². The molecule has 72 valence electrons. The fraction of sp³-hybridized carbons (Fsp3) is 0.250. The van der Waals surface area contributed by atoms with E-state index in [0.29, 0.717) is 0 Å². The van der Waals surface area contributed by atoms with Crippen molar-refractivity contribution in [2.45, 2.75) is 6.17 Å². The monoisotopic (exact) mass is 206 g/mol. The molecule has 0 aromatic heterocycles. The van der Waals surface area contributed by atoms with Crippen LogP contribution in [0.5, 0.6) is 0 Å². The van der Waals surface area contributed by atoms with Crippen molar-refractivity contribution in [3.63, 3.8) is 0 Å². The van der Waals surface area contributed by atoms with Crippen LogP contribution in [0, 0.1) is 0 Å². The SMILES string of the molecule is O=S(=O)(F)CC(F)c1ccccc1. The van der Waals surface area contributed by atoms with E-state index in [0.717, 1.165) is 0 Å². The molecule has 0 bridgehead atoms. The molecule has 0 aliphatic carbocycles. The van der Waals surface area contributed by atoms with Crippen LogP contribution in [-0.4, -0.2) is 14.2 Å². The van der Waals surface area contributed by atoms with Crippen molar-refractivity contribution in [3.8, 4) is 0 Å². The van der Waals surface area contributed by atoms with E-state index in [1.807, 2.05) is 0 Å². The normalized spacial score (nSPS) is 14.0. The number of hydrogen-bond acceptors (Lipinski definition) is 2. The van der Waals surface area contributed by atoms with Crippen LogP contribution in [0.2, 0.25) is 0 Å². The highest BCUT2D eigenvalue weighted by atomic mass is 32.3. The quantitative estimate of drug-likeness (QED) is 0.709. The molecule has 13 heavy (non-hydrogen) atoms. The van der Waals surface area contributed by atoms with Crippen LogP contribution < -0.4 is 0 Å². The van der Waals surface area contributed by atoms with Gasteiger partial charge in [0.2, 0.25) is 0 Å². The summed E-state index contributed by atoms with van der Waals surface area (Å²) in [6.07, 6.45) is -1.80. The standard InChI is InChI=1S/C8H8F2O2S/c9-8(6-13(10,11)12)7-4-2-1-3-5-7/h1-5,8H,6H2. The lowest BCUT2D eigenvalue weighted by molar-refractivity contribution is 0.370. The van der Waals surface area contributed by atoms with Gasteiger partial charge < -0.3 is 0 Å². The third-order valence-electron chi connectivity index (χ3n) is 1.51. The van der Waals surface area contributed by atoms with Gasteiger partial charge in [0, 0.05) is 0 Å². The van der Waals surface area contributed by atoms with Crippen LogP contribution >= 0.6 is 0 Å². The number of benzene rings is 1. The number of halogens is 2. The Morgan fingerprint density at radius 3 is 2.23 bits per heavy atom. The lowest BCUT2D eigenvalue weighted by Crippen LogP contribution is -2.06. The first-order chi connectivity index (χ1) is 5.99. The Bertz CT molecular complexity index is 361. The molecule has 1 aromatic rings. The Balaban J connectivity index is 2.76. The van der Waals surface area contributed by atoms with E-state index >= 15 is 0 Å². The van der Waals surface area contributed by atoms with Crippen molar-refractivity contribution >= 4 is 10.2 Å². The molecular weight excluding hydrogens is 198 g/mol. The Labute approximate surface area is 75.4 Å². The molecule has 0 saturated heterocycles. The van der Waals surface area contributed by atoms with Crippen molar-refractivity contribution < 1.29 is 16.7 Å². The van der Waals surface area contributed by atoms with E-state index < -0.39 is 22.1 Å². The summed E-state index contributed by atoms with van der Waals surface area (Å²) in [5.41, 5.74) is 0.170. The fourth-order valence-electron chi connectivity index (χ4n) is 0.933. The third kappa shape index (κ3) is 3.50. The molecule has 0 aliphatic rings. The summed E-state index contributed by atoms with van der Waals surface area (Å²) < 4.78 is 45.3. The Kier molecular flexibility index (Phi) is 2.98. The zero-order valence-electron chi connectivity index (χ0n) is 6.65. The van der Waals surface area contributed by atoms with Gasteiger partial charge in [-0.05, 0) is 5.56 Å². The maximum absolute atomic E-state index is 13.0. The maximum atomic E-state index is 13.0. The number of hydrogen-bond donors (Lipinski definition) is 0. The molecule has 1 rings (SSSR count). The lowest BCUT2D eigenvalue weighted by Gasteiger charge is -2.04. The van der Waals surface area contributed by atoms with Crippen LogP contribution in [0.3, 0.4) is 0 Å². The van der Waals surface area contributed by atoms with Gasteiger partial charge in [0.25, 0.3) is 0 Å². The van der Waals surface area contributed by atoms with Gasteiger partial charge in [-0.1, -0.05) is 30.3 Å². The summed E-state index contributed by atoms with van der Waals surface area (Å²) in [6.45, 7) is 0. The van der Waals surface area contributed by atoms with Gasteiger partial charge in [-0.15, -0.1) is 3.89 Å². The maximum Gasteiger partial charge on any atom is 0.305 e. The molecule has 0 heterocycles. The van der Waals surface area contributed by atoms with Gasteiger partial charge in [0.1, 0.15) is 11.9 Å². The molecule has 0 amide bonds. The molecule has 0 aliphatic heterocycles. The largest absolute Gasteiger partial charge is 0.305 e. The van der Waals surface area contributed by atoms with E-state index in [9.17, 15) is 16.7 Å². The summed E-state index contributed by atoms with van der Waals surface area (Å²) in [5, 5.41) is 0. The van der Waals surface area contributed by atoms with Gasteiger partial charge >= 0.3 is 10.2 Å². The highest BCUT2D eigenvalue weighted by Gasteiger charge is 2.18. The summed E-state index contributed by atoms with van der Waals surface area (Å²) in [7, 11) is -4.75. The predicted molar refractivity (Wildman–Crippen MR) is 45.2 cm³/mol. The summed E-state index contributed by atoms with van der Waals surface area (Å²) in [5.74, 6) is -1.11. The molecule has 1 aromatic carbocycles. The van der Waals surface area contributed by atoms with E-state index in [-0.39, 0.29) is 5.56 Å². The van der Waals surface area contributed by atoms with Crippen LogP contribution in [0.25, 0.3) is 0 Å². The molecule has 2 nitrogen and oxygen atoms in total. The minimum atomic E-state index is -4.75. The molecule has 0 N–H and O–H groups in total. The van der Waals surface area contributed by atoms with E-state index in [1.165, 1.54) is 12.1 Å². The Morgan fingerprint density at radius 2 is 1.77 bits per heavy atom. The molecule has 0 fully saturated rings. The average Bonchev–Trinajstić information content (AvgIpc) is 2.03.